The van der Waals surface area contributed by atoms with Gasteiger partial charge in [-0.1, -0.05) is 26.0 Å². The number of aliphatic hydroxyl groups is 1. The zero-order chi connectivity index (χ0) is 12.5. The average Bonchev–Trinajstić information content (AvgIpc) is 3.12. The third-order valence-corrected chi connectivity index (χ3v) is 3.45. The van der Waals surface area contributed by atoms with E-state index in [0.29, 0.717) is 6.10 Å². The molecule has 1 saturated carbocycles. The molecule has 1 atom stereocenters. The maximum Gasteiger partial charge on any atom is 0.119 e. The van der Waals surface area contributed by atoms with Crippen LogP contribution in [0.4, 0.5) is 0 Å². The lowest BCUT2D eigenvalue weighted by molar-refractivity contribution is -0.00118. The highest BCUT2D eigenvalue weighted by Crippen LogP contribution is 2.31. The monoisotopic (exact) mass is 235 g/mol. The van der Waals surface area contributed by atoms with Gasteiger partial charge < -0.3 is 15.6 Å². The van der Waals surface area contributed by atoms with Gasteiger partial charge in [0.2, 0.25) is 0 Å². The van der Waals surface area contributed by atoms with Gasteiger partial charge in [0.25, 0.3) is 0 Å². The Balaban J connectivity index is 2.14. The number of nitrogens with two attached hydrogens (primary N) is 1. The Hall–Kier alpha value is -1.06. The number of benzene rings is 1. The van der Waals surface area contributed by atoms with Gasteiger partial charge in [0.15, 0.2) is 0 Å². The first-order valence-electron chi connectivity index (χ1n) is 6.26. The van der Waals surface area contributed by atoms with Crippen LogP contribution in [0.1, 0.15) is 32.3 Å². The van der Waals surface area contributed by atoms with Crippen molar-refractivity contribution in [1.82, 2.24) is 0 Å². The molecule has 94 valence electrons. The Morgan fingerprint density at radius 1 is 1.35 bits per heavy atom. The maximum atomic E-state index is 10.5. The van der Waals surface area contributed by atoms with Crippen molar-refractivity contribution in [1.29, 1.82) is 0 Å². The van der Waals surface area contributed by atoms with Gasteiger partial charge in [-0.3, -0.25) is 0 Å². The lowest BCUT2D eigenvalue weighted by Gasteiger charge is -2.31. The number of hydrogen-bond acceptors (Lipinski definition) is 3. The maximum absolute atomic E-state index is 10.5. The first-order valence-corrected chi connectivity index (χ1v) is 6.26. The van der Waals surface area contributed by atoms with E-state index < -0.39 is 5.60 Å². The molecule has 0 aromatic heterocycles. The molecule has 3 heteroatoms. The van der Waals surface area contributed by atoms with Gasteiger partial charge in [0, 0.05) is 6.54 Å². The molecule has 3 N–H and O–H groups in total. The van der Waals surface area contributed by atoms with Crippen molar-refractivity contribution in [2.45, 2.75) is 38.4 Å². The number of rotatable bonds is 5. The Morgan fingerprint density at radius 3 is 2.35 bits per heavy atom. The lowest BCUT2D eigenvalue weighted by Crippen LogP contribution is -2.39. The molecule has 1 aromatic carbocycles. The van der Waals surface area contributed by atoms with E-state index in [0.717, 1.165) is 24.2 Å². The van der Waals surface area contributed by atoms with Gasteiger partial charge in [-0.2, -0.15) is 0 Å². The number of ether oxygens (including phenoxy) is 1. The highest BCUT2D eigenvalue weighted by atomic mass is 16.5. The quantitative estimate of drug-likeness (QED) is 0.821. The first-order chi connectivity index (χ1) is 8.06. The molecule has 0 spiro atoms. The van der Waals surface area contributed by atoms with Crippen LogP contribution in [0.15, 0.2) is 24.3 Å². The van der Waals surface area contributed by atoms with Gasteiger partial charge in [0.1, 0.15) is 11.4 Å². The van der Waals surface area contributed by atoms with Crippen molar-refractivity contribution in [2.24, 2.45) is 11.7 Å². The van der Waals surface area contributed by atoms with Crippen molar-refractivity contribution < 1.29 is 9.84 Å². The van der Waals surface area contributed by atoms with E-state index in [1.807, 2.05) is 38.1 Å². The summed E-state index contributed by atoms with van der Waals surface area (Å²) >= 11 is 0. The summed E-state index contributed by atoms with van der Waals surface area (Å²) in [6.07, 6.45) is 2.71. The SMILES string of the molecule is CC(C)C(O)(CN)c1ccc(OC2CC2)cc1. The Bertz CT molecular complexity index is 370. The lowest BCUT2D eigenvalue weighted by atomic mass is 9.83. The normalized spacial score (nSPS) is 19.1. The fraction of sp³-hybridized carbons (Fsp3) is 0.571. The molecule has 1 unspecified atom stereocenters. The molecule has 0 heterocycles. The second kappa shape index (κ2) is 4.67. The third kappa shape index (κ3) is 2.61. The molecule has 0 radical (unpaired) electrons. The van der Waals surface area contributed by atoms with Crippen LogP contribution < -0.4 is 10.5 Å². The fourth-order valence-electron chi connectivity index (χ4n) is 1.89. The standard InChI is InChI=1S/C14H21NO2/c1-10(2)14(16,9-15)11-3-5-12(6-4-11)17-13-7-8-13/h3-6,10,13,16H,7-9,15H2,1-2H3. The van der Waals surface area contributed by atoms with Crippen LogP contribution in [0.5, 0.6) is 5.75 Å². The highest BCUT2D eigenvalue weighted by molar-refractivity contribution is 5.32. The molecule has 1 aliphatic rings. The zero-order valence-corrected chi connectivity index (χ0v) is 10.5. The van der Waals surface area contributed by atoms with Crippen LogP contribution in [0.25, 0.3) is 0 Å². The molecular formula is C14H21NO2. The first kappa shape index (κ1) is 12.4. The minimum Gasteiger partial charge on any atom is -0.490 e. The van der Waals surface area contributed by atoms with Gasteiger partial charge in [0.05, 0.1) is 6.10 Å². The Kier molecular flexibility index (Phi) is 3.40. The predicted molar refractivity (Wildman–Crippen MR) is 67.9 cm³/mol. The van der Waals surface area contributed by atoms with E-state index >= 15 is 0 Å². The van der Waals surface area contributed by atoms with Crippen molar-refractivity contribution in [3.8, 4) is 5.75 Å². The molecular weight excluding hydrogens is 214 g/mol. The summed E-state index contributed by atoms with van der Waals surface area (Å²) in [6.45, 7) is 4.18. The summed E-state index contributed by atoms with van der Waals surface area (Å²) in [5.74, 6) is 0.960. The summed E-state index contributed by atoms with van der Waals surface area (Å²) in [5, 5.41) is 10.5. The van der Waals surface area contributed by atoms with Crippen LogP contribution in [0.2, 0.25) is 0 Å². The summed E-state index contributed by atoms with van der Waals surface area (Å²) in [4.78, 5) is 0. The molecule has 0 amide bonds. The van der Waals surface area contributed by atoms with Gasteiger partial charge >= 0.3 is 0 Å². The summed E-state index contributed by atoms with van der Waals surface area (Å²) in [6, 6.07) is 7.64. The molecule has 1 aliphatic carbocycles. The molecule has 3 nitrogen and oxygen atoms in total. The molecule has 2 rings (SSSR count). The van der Waals surface area contributed by atoms with Crippen LogP contribution in [-0.4, -0.2) is 17.8 Å². The molecule has 17 heavy (non-hydrogen) atoms. The van der Waals surface area contributed by atoms with Crippen LogP contribution >= 0.6 is 0 Å². The second-order valence-electron chi connectivity index (χ2n) is 5.12. The van der Waals surface area contributed by atoms with Crippen LogP contribution in [0, 0.1) is 5.92 Å². The van der Waals surface area contributed by atoms with Gasteiger partial charge in [-0.25, -0.2) is 0 Å². The summed E-state index contributed by atoms with van der Waals surface area (Å²) in [7, 11) is 0. The molecule has 0 bridgehead atoms. The predicted octanol–water partition coefficient (Wildman–Crippen LogP) is 2.03. The molecule has 0 saturated heterocycles. The molecule has 1 aromatic rings. The summed E-state index contributed by atoms with van der Waals surface area (Å²) in [5.41, 5.74) is 5.60. The van der Waals surface area contributed by atoms with Crippen molar-refractivity contribution in [3.05, 3.63) is 29.8 Å². The Morgan fingerprint density at radius 2 is 1.94 bits per heavy atom. The van der Waals surface area contributed by atoms with Crippen molar-refractivity contribution in [2.75, 3.05) is 6.54 Å². The largest absolute Gasteiger partial charge is 0.490 e. The smallest absolute Gasteiger partial charge is 0.119 e. The molecule has 1 fully saturated rings. The third-order valence-electron chi connectivity index (χ3n) is 3.45. The minimum absolute atomic E-state index is 0.0858. The van der Waals surface area contributed by atoms with Gasteiger partial charge in [-0.15, -0.1) is 0 Å². The Labute approximate surface area is 103 Å². The topological polar surface area (TPSA) is 55.5 Å². The van der Waals surface area contributed by atoms with Crippen molar-refractivity contribution >= 4 is 0 Å². The van der Waals surface area contributed by atoms with E-state index in [-0.39, 0.29) is 12.5 Å². The van der Waals surface area contributed by atoms with E-state index in [4.69, 9.17) is 10.5 Å². The van der Waals surface area contributed by atoms with E-state index in [1.54, 1.807) is 0 Å². The van der Waals surface area contributed by atoms with Crippen LogP contribution in [0.3, 0.4) is 0 Å². The minimum atomic E-state index is -0.946. The highest BCUT2D eigenvalue weighted by Gasteiger charge is 2.31. The van der Waals surface area contributed by atoms with E-state index in [1.165, 1.54) is 0 Å². The summed E-state index contributed by atoms with van der Waals surface area (Å²) < 4.78 is 5.67. The fourth-order valence-corrected chi connectivity index (χ4v) is 1.89. The van der Waals surface area contributed by atoms with Crippen molar-refractivity contribution in [3.63, 3.8) is 0 Å². The van der Waals surface area contributed by atoms with Crippen LogP contribution in [-0.2, 0) is 5.60 Å². The second-order valence-corrected chi connectivity index (χ2v) is 5.12. The molecule has 0 aliphatic heterocycles. The van der Waals surface area contributed by atoms with E-state index in [2.05, 4.69) is 0 Å². The van der Waals surface area contributed by atoms with Gasteiger partial charge in [-0.05, 0) is 36.5 Å². The average molecular weight is 235 g/mol. The van der Waals surface area contributed by atoms with E-state index in [9.17, 15) is 5.11 Å². The zero-order valence-electron chi connectivity index (χ0n) is 10.5. The number of hydrogen-bond donors (Lipinski definition) is 2.